The minimum absolute atomic E-state index is 0.0151. The normalized spacial score (nSPS) is 21.6. The predicted octanol–water partition coefficient (Wildman–Crippen LogP) is 1.85. The summed E-state index contributed by atoms with van der Waals surface area (Å²) in [5.41, 5.74) is 0.567. The van der Waals surface area contributed by atoms with Gasteiger partial charge in [0.15, 0.2) is 0 Å². The van der Waals surface area contributed by atoms with Gasteiger partial charge < -0.3 is 15.2 Å². The van der Waals surface area contributed by atoms with E-state index in [4.69, 9.17) is 9.84 Å². The van der Waals surface area contributed by atoms with E-state index in [1.807, 2.05) is 13.0 Å². The molecule has 0 radical (unpaired) electrons. The Morgan fingerprint density at radius 1 is 1.38 bits per heavy atom. The third kappa shape index (κ3) is 4.46. The molecule has 2 atom stereocenters. The number of amides is 2. The number of para-hydroxylation sites is 1. The van der Waals surface area contributed by atoms with Crippen LogP contribution in [0.5, 0.6) is 0 Å². The molecule has 21 heavy (non-hydrogen) atoms. The van der Waals surface area contributed by atoms with Crippen LogP contribution in [0, 0.1) is 0 Å². The van der Waals surface area contributed by atoms with Crippen molar-refractivity contribution in [1.82, 2.24) is 5.32 Å². The van der Waals surface area contributed by atoms with Gasteiger partial charge in [0.05, 0.1) is 6.10 Å². The number of nitrogens with one attached hydrogen (secondary N) is 1. The SMILES string of the molecule is CC1CC(NC(=O)N(CC(=O)O)c2ccccc2)CCO1. The number of urea groups is 1. The van der Waals surface area contributed by atoms with Crippen LogP contribution in [0.3, 0.4) is 0 Å². The monoisotopic (exact) mass is 292 g/mol. The predicted molar refractivity (Wildman–Crippen MR) is 78.4 cm³/mol. The number of hydrogen-bond acceptors (Lipinski definition) is 3. The first-order valence-electron chi connectivity index (χ1n) is 7.02. The van der Waals surface area contributed by atoms with Crippen LogP contribution >= 0.6 is 0 Å². The van der Waals surface area contributed by atoms with Crippen molar-refractivity contribution < 1.29 is 19.4 Å². The van der Waals surface area contributed by atoms with Gasteiger partial charge in [-0.3, -0.25) is 9.69 Å². The molecule has 1 fully saturated rings. The van der Waals surface area contributed by atoms with Gasteiger partial charge in [-0.15, -0.1) is 0 Å². The molecule has 2 N–H and O–H groups in total. The average molecular weight is 292 g/mol. The molecule has 0 saturated carbocycles. The minimum atomic E-state index is -1.05. The number of hydrogen-bond donors (Lipinski definition) is 2. The Hall–Kier alpha value is -2.08. The lowest BCUT2D eigenvalue weighted by molar-refractivity contribution is -0.135. The fraction of sp³-hybridized carbons (Fsp3) is 0.467. The highest BCUT2D eigenvalue weighted by atomic mass is 16.5. The zero-order valence-electron chi connectivity index (χ0n) is 12.0. The smallest absolute Gasteiger partial charge is 0.323 e. The molecular formula is C15H20N2O4. The van der Waals surface area contributed by atoms with Crippen molar-refractivity contribution >= 4 is 17.7 Å². The molecule has 1 aliphatic heterocycles. The van der Waals surface area contributed by atoms with E-state index in [0.29, 0.717) is 12.3 Å². The van der Waals surface area contributed by atoms with E-state index in [1.54, 1.807) is 24.3 Å². The minimum Gasteiger partial charge on any atom is -0.480 e. The number of carboxylic acid groups (broad SMARTS) is 1. The first kappa shape index (κ1) is 15.3. The van der Waals surface area contributed by atoms with Gasteiger partial charge in [0.2, 0.25) is 0 Å². The summed E-state index contributed by atoms with van der Waals surface area (Å²) in [7, 11) is 0. The molecule has 6 heteroatoms. The van der Waals surface area contributed by atoms with Crippen molar-refractivity contribution in [2.75, 3.05) is 18.1 Å². The highest BCUT2D eigenvalue weighted by Crippen LogP contribution is 2.16. The molecule has 2 amide bonds. The number of carbonyl (C=O) groups is 2. The lowest BCUT2D eigenvalue weighted by Crippen LogP contribution is -2.49. The fourth-order valence-electron chi connectivity index (χ4n) is 2.41. The summed E-state index contributed by atoms with van der Waals surface area (Å²) in [5, 5.41) is 11.9. The first-order chi connectivity index (χ1) is 10.1. The van der Waals surface area contributed by atoms with E-state index in [9.17, 15) is 9.59 Å². The summed E-state index contributed by atoms with van der Waals surface area (Å²) >= 11 is 0. The van der Waals surface area contributed by atoms with Gasteiger partial charge in [-0.2, -0.15) is 0 Å². The van der Waals surface area contributed by atoms with E-state index < -0.39 is 5.97 Å². The van der Waals surface area contributed by atoms with E-state index in [1.165, 1.54) is 4.90 Å². The molecular weight excluding hydrogens is 272 g/mol. The molecule has 6 nitrogen and oxygen atoms in total. The molecule has 1 aliphatic rings. The molecule has 0 aromatic heterocycles. The zero-order valence-corrected chi connectivity index (χ0v) is 12.0. The van der Waals surface area contributed by atoms with Crippen LogP contribution in [0.1, 0.15) is 19.8 Å². The van der Waals surface area contributed by atoms with Gasteiger partial charge in [0.1, 0.15) is 6.54 Å². The largest absolute Gasteiger partial charge is 0.480 e. The van der Waals surface area contributed by atoms with Gasteiger partial charge in [0, 0.05) is 18.3 Å². The number of carboxylic acids is 1. The number of carbonyl (C=O) groups excluding carboxylic acids is 1. The number of rotatable bonds is 4. The molecule has 2 unspecified atom stereocenters. The Labute approximate surface area is 123 Å². The van der Waals surface area contributed by atoms with Crippen LogP contribution in [0.25, 0.3) is 0 Å². The van der Waals surface area contributed by atoms with Gasteiger partial charge in [-0.05, 0) is 31.9 Å². The Kier molecular flexibility index (Phi) is 5.16. The molecule has 0 aliphatic carbocycles. The van der Waals surface area contributed by atoms with Gasteiger partial charge in [-0.1, -0.05) is 18.2 Å². The van der Waals surface area contributed by atoms with Crippen molar-refractivity contribution in [3.63, 3.8) is 0 Å². The number of ether oxygens (including phenoxy) is 1. The summed E-state index contributed by atoms with van der Waals surface area (Å²) in [6.07, 6.45) is 1.58. The van der Waals surface area contributed by atoms with Crippen molar-refractivity contribution in [2.24, 2.45) is 0 Å². The third-order valence-electron chi connectivity index (χ3n) is 3.42. The third-order valence-corrected chi connectivity index (χ3v) is 3.42. The summed E-state index contributed by atoms with van der Waals surface area (Å²) in [4.78, 5) is 24.6. The molecule has 0 bridgehead atoms. The molecule has 114 valence electrons. The van der Waals surface area contributed by atoms with Crippen LogP contribution in [0.2, 0.25) is 0 Å². The second-order valence-electron chi connectivity index (χ2n) is 5.17. The number of anilines is 1. The molecule has 1 aromatic carbocycles. The molecule has 2 rings (SSSR count). The van der Waals surface area contributed by atoms with Gasteiger partial charge in [-0.25, -0.2) is 4.79 Å². The average Bonchev–Trinajstić information content (AvgIpc) is 2.45. The summed E-state index contributed by atoms with van der Waals surface area (Å²) in [6, 6.07) is 8.43. The van der Waals surface area contributed by atoms with Crippen LogP contribution in [0.4, 0.5) is 10.5 Å². The van der Waals surface area contributed by atoms with Gasteiger partial charge >= 0.3 is 12.0 Å². The zero-order chi connectivity index (χ0) is 15.2. The van der Waals surface area contributed by atoms with E-state index in [0.717, 1.165) is 12.8 Å². The Morgan fingerprint density at radius 2 is 2.10 bits per heavy atom. The van der Waals surface area contributed by atoms with Crippen molar-refractivity contribution in [1.29, 1.82) is 0 Å². The van der Waals surface area contributed by atoms with Crippen LogP contribution < -0.4 is 10.2 Å². The summed E-state index contributed by atoms with van der Waals surface area (Å²) in [6.45, 7) is 2.20. The standard InChI is InChI=1S/C15H20N2O4/c1-11-9-12(7-8-21-11)16-15(20)17(10-14(18)19)13-5-3-2-4-6-13/h2-6,11-12H,7-10H2,1H3,(H,16,20)(H,18,19). The van der Waals surface area contributed by atoms with Crippen LogP contribution in [0.15, 0.2) is 30.3 Å². The van der Waals surface area contributed by atoms with E-state index in [2.05, 4.69) is 5.32 Å². The highest BCUT2D eigenvalue weighted by Gasteiger charge is 2.25. The maximum absolute atomic E-state index is 12.4. The molecule has 1 saturated heterocycles. The first-order valence-corrected chi connectivity index (χ1v) is 7.02. The molecule has 0 spiro atoms. The Morgan fingerprint density at radius 3 is 2.71 bits per heavy atom. The number of aliphatic carboxylic acids is 1. The summed E-state index contributed by atoms with van der Waals surface area (Å²) in [5.74, 6) is -1.05. The molecule has 1 aromatic rings. The van der Waals surface area contributed by atoms with E-state index >= 15 is 0 Å². The lowest BCUT2D eigenvalue weighted by atomic mass is 10.0. The van der Waals surface area contributed by atoms with Crippen molar-refractivity contribution in [2.45, 2.75) is 31.9 Å². The Balaban J connectivity index is 2.05. The topological polar surface area (TPSA) is 78.9 Å². The lowest BCUT2D eigenvalue weighted by Gasteiger charge is -2.30. The van der Waals surface area contributed by atoms with Gasteiger partial charge in [0.25, 0.3) is 0 Å². The maximum atomic E-state index is 12.4. The number of benzene rings is 1. The number of nitrogens with zero attached hydrogens (tertiary/aromatic N) is 1. The Bertz CT molecular complexity index is 492. The highest BCUT2D eigenvalue weighted by molar-refractivity contribution is 5.96. The summed E-state index contributed by atoms with van der Waals surface area (Å²) < 4.78 is 5.44. The second-order valence-corrected chi connectivity index (χ2v) is 5.17. The quantitative estimate of drug-likeness (QED) is 0.887. The fourth-order valence-corrected chi connectivity index (χ4v) is 2.41. The van der Waals surface area contributed by atoms with Crippen molar-refractivity contribution in [3.8, 4) is 0 Å². The second kappa shape index (κ2) is 7.08. The van der Waals surface area contributed by atoms with Crippen molar-refractivity contribution in [3.05, 3.63) is 30.3 Å². The molecule has 1 heterocycles. The maximum Gasteiger partial charge on any atom is 0.323 e. The van der Waals surface area contributed by atoms with Crippen LogP contribution in [-0.2, 0) is 9.53 Å². The van der Waals surface area contributed by atoms with E-state index in [-0.39, 0.29) is 24.7 Å². The van der Waals surface area contributed by atoms with Crippen LogP contribution in [-0.4, -0.2) is 42.4 Å².